The van der Waals surface area contributed by atoms with E-state index in [1.165, 1.54) is 0 Å². The maximum Gasteiger partial charge on any atom is 0.244 e. The summed E-state index contributed by atoms with van der Waals surface area (Å²) < 4.78 is 28.8. The minimum absolute atomic E-state index is 0.103. The van der Waals surface area contributed by atoms with Crippen LogP contribution in [-0.2, 0) is 23.6 Å². The molecule has 0 radical (unpaired) electrons. The van der Waals surface area contributed by atoms with Crippen LogP contribution in [0.2, 0.25) is 0 Å². The summed E-state index contributed by atoms with van der Waals surface area (Å²) >= 11 is 0. The highest BCUT2D eigenvalue weighted by Gasteiger charge is 2.31. The van der Waals surface area contributed by atoms with Crippen molar-refractivity contribution in [1.29, 1.82) is 0 Å². The quantitative estimate of drug-likeness (QED) is 0.907. The number of hydrogen-bond acceptors (Lipinski definition) is 3. The van der Waals surface area contributed by atoms with Gasteiger partial charge in [0.2, 0.25) is 10.0 Å². The second-order valence-electron chi connectivity index (χ2n) is 5.27. The number of piperidine rings is 1. The normalized spacial score (nSPS) is 21.7. The number of hydrogen-bond donors (Lipinski definition) is 1. The van der Waals surface area contributed by atoms with E-state index in [2.05, 4.69) is 5.32 Å². The molecular weight excluding hydrogens is 262 g/mol. The zero-order valence-electron chi connectivity index (χ0n) is 11.9. The number of nitrogens with zero attached hydrogens (tertiary/aromatic N) is 2. The standard InChI is InChI=1S/C13H23N3O2S/c1-11-6-4-5-7-16(11)19(17,18)13-8-12(9-14-2)15(3)10-13/h8,10-11,14H,4-7,9H2,1-3H3. The van der Waals surface area contributed by atoms with Crippen molar-refractivity contribution >= 4 is 10.0 Å². The van der Waals surface area contributed by atoms with Crippen LogP contribution >= 0.6 is 0 Å². The summed E-state index contributed by atoms with van der Waals surface area (Å²) in [5.41, 5.74) is 0.978. The Morgan fingerprint density at radius 2 is 2.16 bits per heavy atom. The lowest BCUT2D eigenvalue weighted by molar-refractivity contribution is 0.268. The summed E-state index contributed by atoms with van der Waals surface area (Å²) in [7, 11) is 0.389. The molecule has 19 heavy (non-hydrogen) atoms. The van der Waals surface area contributed by atoms with Crippen molar-refractivity contribution in [2.75, 3.05) is 13.6 Å². The minimum atomic E-state index is -3.35. The maximum atomic E-state index is 12.7. The van der Waals surface area contributed by atoms with Crippen molar-refractivity contribution in [3.8, 4) is 0 Å². The van der Waals surface area contributed by atoms with Gasteiger partial charge in [-0.05, 0) is 32.9 Å². The first-order chi connectivity index (χ1) is 8.96. The molecule has 1 aliphatic heterocycles. The van der Waals surface area contributed by atoms with Crippen molar-refractivity contribution in [3.63, 3.8) is 0 Å². The van der Waals surface area contributed by atoms with Crippen LogP contribution < -0.4 is 5.32 Å². The average molecular weight is 285 g/mol. The molecule has 1 fully saturated rings. The summed E-state index contributed by atoms with van der Waals surface area (Å²) in [6.07, 6.45) is 4.74. The van der Waals surface area contributed by atoms with E-state index in [0.717, 1.165) is 25.0 Å². The molecule has 1 N–H and O–H groups in total. The summed E-state index contributed by atoms with van der Waals surface area (Å²) in [6, 6.07) is 1.87. The monoisotopic (exact) mass is 285 g/mol. The predicted molar refractivity (Wildman–Crippen MR) is 75.4 cm³/mol. The van der Waals surface area contributed by atoms with Crippen molar-refractivity contribution < 1.29 is 8.42 Å². The number of rotatable bonds is 4. The maximum absolute atomic E-state index is 12.7. The minimum Gasteiger partial charge on any atom is -0.352 e. The lowest BCUT2D eigenvalue weighted by Gasteiger charge is -2.31. The molecule has 6 heteroatoms. The topological polar surface area (TPSA) is 54.3 Å². The Bertz CT molecular complexity index is 536. The predicted octanol–water partition coefficient (Wildman–Crippen LogP) is 1.31. The van der Waals surface area contributed by atoms with Crippen LogP contribution in [0.5, 0.6) is 0 Å². The van der Waals surface area contributed by atoms with Crippen molar-refractivity contribution in [2.45, 2.75) is 43.7 Å². The van der Waals surface area contributed by atoms with Crippen molar-refractivity contribution in [2.24, 2.45) is 7.05 Å². The van der Waals surface area contributed by atoms with E-state index in [1.54, 1.807) is 16.6 Å². The van der Waals surface area contributed by atoms with Crippen molar-refractivity contribution in [3.05, 3.63) is 18.0 Å². The molecule has 108 valence electrons. The van der Waals surface area contributed by atoms with E-state index >= 15 is 0 Å². The largest absolute Gasteiger partial charge is 0.352 e. The number of aromatic nitrogens is 1. The van der Waals surface area contributed by atoms with E-state index in [-0.39, 0.29) is 6.04 Å². The third-order valence-corrected chi connectivity index (χ3v) is 5.77. The first-order valence-electron chi connectivity index (χ1n) is 6.78. The van der Waals surface area contributed by atoms with Gasteiger partial charge in [-0.1, -0.05) is 6.42 Å². The van der Waals surface area contributed by atoms with Crippen LogP contribution in [0, 0.1) is 0 Å². The SMILES string of the molecule is CNCc1cc(S(=O)(=O)N2CCCCC2C)cn1C. The highest BCUT2D eigenvalue weighted by molar-refractivity contribution is 7.89. The van der Waals surface area contributed by atoms with Gasteiger partial charge in [0.25, 0.3) is 0 Å². The Morgan fingerprint density at radius 3 is 2.79 bits per heavy atom. The molecule has 0 aliphatic carbocycles. The van der Waals surface area contributed by atoms with Crippen LogP contribution in [0.15, 0.2) is 17.2 Å². The molecule has 0 aromatic carbocycles. The zero-order chi connectivity index (χ0) is 14.0. The highest BCUT2D eigenvalue weighted by Crippen LogP contribution is 2.26. The van der Waals surface area contributed by atoms with E-state index in [9.17, 15) is 8.42 Å². The number of sulfonamides is 1. The molecule has 1 aromatic rings. The van der Waals surface area contributed by atoms with Gasteiger partial charge in [-0.2, -0.15) is 4.31 Å². The molecule has 2 rings (SSSR count). The molecular formula is C13H23N3O2S. The van der Waals surface area contributed by atoms with Gasteiger partial charge in [0.15, 0.2) is 0 Å². The van der Waals surface area contributed by atoms with E-state index in [0.29, 0.717) is 18.0 Å². The Balaban J connectivity index is 2.30. The van der Waals surface area contributed by atoms with Gasteiger partial charge in [0, 0.05) is 38.1 Å². The van der Waals surface area contributed by atoms with Gasteiger partial charge in [-0.15, -0.1) is 0 Å². The molecule has 1 aliphatic rings. The first kappa shape index (κ1) is 14.6. The van der Waals surface area contributed by atoms with Crippen LogP contribution in [0.4, 0.5) is 0 Å². The van der Waals surface area contributed by atoms with Crippen LogP contribution in [0.1, 0.15) is 31.9 Å². The van der Waals surface area contributed by atoms with Gasteiger partial charge < -0.3 is 9.88 Å². The molecule has 0 saturated carbocycles. The second kappa shape index (κ2) is 5.64. The molecule has 1 aromatic heterocycles. The van der Waals surface area contributed by atoms with Gasteiger partial charge in [0.05, 0.1) is 0 Å². The average Bonchev–Trinajstić information content (AvgIpc) is 2.73. The van der Waals surface area contributed by atoms with Crippen molar-refractivity contribution in [1.82, 2.24) is 14.2 Å². The highest BCUT2D eigenvalue weighted by atomic mass is 32.2. The van der Waals surface area contributed by atoms with Gasteiger partial charge >= 0.3 is 0 Å². The molecule has 0 bridgehead atoms. The van der Waals surface area contributed by atoms with Crippen LogP contribution in [0.3, 0.4) is 0 Å². The number of aryl methyl sites for hydroxylation is 1. The Labute approximate surface area is 115 Å². The van der Waals surface area contributed by atoms with E-state index < -0.39 is 10.0 Å². The number of nitrogens with one attached hydrogen (secondary N) is 1. The molecule has 0 spiro atoms. The smallest absolute Gasteiger partial charge is 0.244 e. The van der Waals surface area contributed by atoms with E-state index in [1.807, 2.05) is 25.6 Å². The zero-order valence-corrected chi connectivity index (χ0v) is 12.7. The summed E-state index contributed by atoms with van der Waals surface area (Å²) in [5.74, 6) is 0. The van der Waals surface area contributed by atoms with Crippen LogP contribution in [0.25, 0.3) is 0 Å². The lowest BCUT2D eigenvalue weighted by Crippen LogP contribution is -2.41. The van der Waals surface area contributed by atoms with Gasteiger partial charge in [0.1, 0.15) is 4.90 Å². The van der Waals surface area contributed by atoms with E-state index in [4.69, 9.17) is 0 Å². The van der Waals surface area contributed by atoms with Gasteiger partial charge in [-0.3, -0.25) is 0 Å². The second-order valence-corrected chi connectivity index (χ2v) is 7.16. The fourth-order valence-corrected chi connectivity index (χ4v) is 4.43. The molecule has 1 unspecified atom stereocenters. The first-order valence-corrected chi connectivity index (χ1v) is 8.22. The van der Waals surface area contributed by atoms with Crippen LogP contribution in [-0.4, -0.2) is 36.9 Å². The molecule has 2 heterocycles. The molecule has 5 nitrogen and oxygen atoms in total. The Hall–Kier alpha value is -0.850. The summed E-state index contributed by atoms with van der Waals surface area (Å²) in [6.45, 7) is 3.30. The molecule has 1 atom stereocenters. The lowest BCUT2D eigenvalue weighted by atomic mass is 10.1. The molecule has 0 amide bonds. The third kappa shape index (κ3) is 2.85. The summed E-state index contributed by atoms with van der Waals surface area (Å²) in [5, 5.41) is 3.05. The van der Waals surface area contributed by atoms with Gasteiger partial charge in [-0.25, -0.2) is 8.42 Å². The third-order valence-electron chi connectivity index (χ3n) is 3.79. The Kier molecular flexibility index (Phi) is 4.32. The summed E-state index contributed by atoms with van der Waals surface area (Å²) in [4.78, 5) is 0.411. The molecule has 1 saturated heterocycles. The Morgan fingerprint density at radius 1 is 1.42 bits per heavy atom. The fraction of sp³-hybridized carbons (Fsp3) is 0.692. The fourth-order valence-electron chi connectivity index (χ4n) is 2.64.